The first-order chi connectivity index (χ1) is 10.8. The van der Waals surface area contributed by atoms with Crippen LogP contribution in [-0.2, 0) is 6.18 Å². The van der Waals surface area contributed by atoms with E-state index in [2.05, 4.69) is 9.97 Å². The molecule has 0 unspecified atom stereocenters. The third-order valence-electron chi connectivity index (χ3n) is 3.48. The average Bonchev–Trinajstić information content (AvgIpc) is 2.47. The summed E-state index contributed by atoms with van der Waals surface area (Å²) in [5, 5.41) is 1.16. The van der Waals surface area contributed by atoms with Gasteiger partial charge in [-0.05, 0) is 36.2 Å². The van der Waals surface area contributed by atoms with Crippen LogP contribution in [-0.4, -0.2) is 9.97 Å². The highest BCUT2D eigenvalue weighted by Crippen LogP contribution is 2.29. The number of alkyl halides is 3. The van der Waals surface area contributed by atoms with Crippen LogP contribution in [0.1, 0.15) is 17.2 Å². The second-order valence-corrected chi connectivity index (χ2v) is 5.55. The molecule has 1 aromatic carbocycles. The zero-order valence-corrected chi connectivity index (χ0v) is 13.1. The number of rotatable bonds is 1. The molecule has 2 aromatic heterocycles. The van der Waals surface area contributed by atoms with Gasteiger partial charge in [0, 0.05) is 24.1 Å². The van der Waals surface area contributed by atoms with Crippen LogP contribution in [0.5, 0.6) is 0 Å². The molecular weight excluding hydrogens is 327 g/mol. The summed E-state index contributed by atoms with van der Waals surface area (Å²) < 4.78 is 39.9. The number of hydrogen-bond donors (Lipinski definition) is 0. The van der Waals surface area contributed by atoms with E-state index < -0.39 is 11.9 Å². The highest BCUT2D eigenvalue weighted by molar-refractivity contribution is 6.33. The Labute approximate surface area is 135 Å². The lowest BCUT2D eigenvalue weighted by atomic mass is 10.1. The minimum atomic E-state index is -4.48. The first-order valence-electron chi connectivity index (χ1n) is 6.80. The predicted octanol–water partition coefficient (Wildman–Crippen LogP) is 4.20. The zero-order chi connectivity index (χ0) is 16.8. The maximum absolute atomic E-state index is 12.8. The fourth-order valence-corrected chi connectivity index (χ4v) is 2.68. The number of benzene rings is 1. The fraction of sp³-hybridized carbons (Fsp3) is 0.188. The molecule has 0 atom stereocenters. The van der Waals surface area contributed by atoms with Gasteiger partial charge in [-0.3, -0.25) is 4.98 Å². The van der Waals surface area contributed by atoms with E-state index in [-0.39, 0.29) is 5.82 Å². The second-order valence-electron chi connectivity index (χ2n) is 5.14. The number of nitrogens with zero attached hydrogens (tertiary/aromatic N) is 3. The van der Waals surface area contributed by atoms with E-state index in [0.717, 1.165) is 22.7 Å². The summed E-state index contributed by atoms with van der Waals surface area (Å²) >= 11 is 6.28. The zero-order valence-electron chi connectivity index (χ0n) is 12.3. The van der Waals surface area contributed by atoms with Crippen LogP contribution in [0, 0.1) is 13.8 Å². The van der Waals surface area contributed by atoms with Crippen molar-refractivity contribution >= 4 is 22.5 Å². The van der Waals surface area contributed by atoms with E-state index in [9.17, 15) is 13.2 Å². The minimum Gasteiger partial charge on any atom is -0.253 e. The van der Waals surface area contributed by atoms with Gasteiger partial charge in [0.1, 0.15) is 6.20 Å². The molecule has 0 spiro atoms. The van der Waals surface area contributed by atoms with Gasteiger partial charge in [-0.25, -0.2) is 0 Å². The molecule has 0 fully saturated rings. The van der Waals surface area contributed by atoms with E-state index in [0.29, 0.717) is 10.7 Å². The summed E-state index contributed by atoms with van der Waals surface area (Å²) in [6.07, 6.45) is -3.16. The Morgan fingerprint density at radius 3 is 2.39 bits per heavy atom. The maximum atomic E-state index is 12.8. The van der Waals surface area contributed by atoms with Crippen LogP contribution >= 0.6 is 11.6 Å². The summed E-state index contributed by atoms with van der Waals surface area (Å²) in [7, 11) is 0. The Morgan fingerprint density at radius 2 is 1.74 bits per heavy atom. The average molecular weight is 339 g/mol. The Balaban J connectivity index is 2.27. The Bertz CT molecular complexity index is 907. The van der Waals surface area contributed by atoms with Crippen molar-refractivity contribution in [3.63, 3.8) is 0 Å². The first kappa shape index (κ1) is 15.7. The van der Waals surface area contributed by atoms with Crippen LogP contribution in [0.25, 0.3) is 16.6 Å². The SMILES string of the molecule is Cc1ccc2c(-[n+]3ccc(C(F)(F)F)nc3C)c(Cl)ccc2n1. The Hall–Kier alpha value is -2.21. The summed E-state index contributed by atoms with van der Waals surface area (Å²) in [5.41, 5.74) is 1.20. The van der Waals surface area contributed by atoms with Gasteiger partial charge >= 0.3 is 12.0 Å². The summed E-state index contributed by atoms with van der Waals surface area (Å²) in [6.45, 7) is 3.37. The topological polar surface area (TPSA) is 29.7 Å². The van der Waals surface area contributed by atoms with Crippen molar-refractivity contribution in [2.45, 2.75) is 20.0 Å². The van der Waals surface area contributed by atoms with Gasteiger partial charge in [0.15, 0.2) is 5.69 Å². The number of fused-ring (bicyclic) bond motifs is 1. The molecule has 7 heteroatoms. The molecule has 0 aliphatic heterocycles. The molecule has 0 saturated heterocycles. The van der Waals surface area contributed by atoms with E-state index in [4.69, 9.17) is 11.6 Å². The number of aromatic nitrogens is 3. The monoisotopic (exact) mass is 338 g/mol. The normalized spacial score (nSPS) is 11.9. The van der Waals surface area contributed by atoms with Crippen LogP contribution in [0.4, 0.5) is 13.2 Å². The summed E-state index contributed by atoms with van der Waals surface area (Å²) in [5.74, 6) is 0.190. The standard InChI is InChI=1S/C16H12ClF3N3/c1-9-3-4-11-13(21-9)6-5-12(17)15(11)23-8-7-14(16(18,19)20)22-10(23)2/h3-8H,1-2H3/q+1. The van der Waals surface area contributed by atoms with Crippen molar-refractivity contribution in [1.82, 2.24) is 9.97 Å². The Morgan fingerprint density at radius 1 is 1.00 bits per heavy atom. The van der Waals surface area contributed by atoms with E-state index in [1.165, 1.54) is 17.7 Å². The molecular formula is C16H12ClF3N3+. The van der Waals surface area contributed by atoms with Crippen molar-refractivity contribution in [2.24, 2.45) is 0 Å². The predicted molar refractivity (Wildman–Crippen MR) is 80.6 cm³/mol. The van der Waals surface area contributed by atoms with Crippen LogP contribution in [0.3, 0.4) is 0 Å². The van der Waals surface area contributed by atoms with Gasteiger partial charge in [0.05, 0.1) is 10.5 Å². The number of halogens is 4. The van der Waals surface area contributed by atoms with Crippen molar-refractivity contribution in [3.05, 3.63) is 58.8 Å². The molecule has 0 aliphatic carbocycles. The number of aryl methyl sites for hydroxylation is 2. The lowest BCUT2D eigenvalue weighted by Crippen LogP contribution is -2.36. The molecule has 0 radical (unpaired) electrons. The van der Waals surface area contributed by atoms with Gasteiger partial charge < -0.3 is 0 Å². The van der Waals surface area contributed by atoms with E-state index in [1.807, 2.05) is 19.1 Å². The lowest BCUT2D eigenvalue weighted by Gasteiger charge is -2.09. The smallest absolute Gasteiger partial charge is 0.253 e. The molecule has 3 aromatic rings. The molecule has 0 aliphatic rings. The van der Waals surface area contributed by atoms with E-state index >= 15 is 0 Å². The van der Waals surface area contributed by atoms with Gasteiger partial charge in [-0.2, -0.15) is 17.7 Å². The molecule has 118 valence electrons. The highest BCUT2D eigenvalue weighted by Gasteiger charge is 2.38. The molecule has 2 heterocycles. The third-order valence-corrected chi connectivity index (χ3v) is 3.78. The van der Waals surface area contributed by atoms with Crippen molar-refractivity contribution in [3.8, 4) is 5.69 Å². The van der Waals surface area contributed by atoms with Crippen LogP contribution in [0.2, 0.25) is 5.02 Å². The minimum absolute atomic E-state index is 0.190. The van der Waals surface area contributed by atoms with Gasteiger partial charge in [-0.1, -0.05) is 11.6 Å². The highest BCUT2D eigenvalue weighted by atomic mass is 35.5. The quantitative estimate of drug-likeness (QED) is 0.622. The van der Waals surface area contributed by atoms with Gasteiger partial charge in [0.2, 0.25) is 0 Å². The number of pyridine rings is 1. The van der Waals surface area contributed by atoms with Gasteiger partial charge in [0.25, 0.3) is 5.69 Å². The van der Waals surface area contributed by atoms with Crippen molar-refractivity contribution in [1.29, 1.82) is 0 Å². The molecule has 3 rings (SSSR count). The first-order valence-corrected chi connectivity index (χ1v) is 7.18. The van der Waals surface area contributed by atoms with E-state index in [1.54, 1.807) is 12.1 Å². The maximum Gasteiger partial charge on any atom is 0.458 e. The second kappa shape index (κ2) is 5.45. The third kappa shape index (κ3) is 2.86. The van der Waals surface area contributed by atoms with Crippen molar-refractivity contribution in [2.75, 3.05) is 0 Å². The summed E-state index contributed by atoms with van der Waals surface area (Å²) in [6, 6.07) is 8.07. The molecule has 23 heavy (non-hydrogen) atoms. The summed E-state index contributed by atoms with van der Waals surface area (Å²) in [4.78, 5) is 8.06. The largest absolute Gasteiger partial charge is 0.458 e. The van der Waals surface area contributed by atoms with Crippen LogP contribution in [0.15, 0.2) is 36.5 Å². The van der Waals surface area contributed by atoms with Crippen molar-refractivity contribution < 1.29 is 17.7 Å². The molecule has 0 N–H and O–H groups in total. The molecule has 3 nitrogen and oxygen atoms in total. The van der Waals surface area contributed by atoms with Gasteiger partial charge in [-0.15, -0.1) is 0 Å². The molecule has 0 bridgehead atoms. The van der Waals surface area contributed by atoms with Crippen LogP contribution < -0.4 is 4.57 Å². The number of hydrogen-bond acceptors (Lipinski definition) is 2. The molecule has 0 amide bonds. The molecule has 0 saturated carbocycles. The lowest BCUT2D eigenvalue weighted by molar-refractivity contribution is -0.605. The Kier molecular flexibility index (Phi) is 3.72. The fourth-order valence-electron chi connectivity index (χ4n) is 2.42.